The predicted molar refractivity (Wildman–Crippen MR) is 61.9 cm³/mol. The molecule has 2 aliphatic rings. The summed E-state index contributed by atoms with van der Waals surface area (Å²) in [6, 6.07) is 0.0395. The molecule has 0 radical (unpaired) electrons. The monoisotopic (exact) mass is 243 g/mol. The largest absolute Gasteiger partial charge is 0.481 e. The van der Waals surface area contributed by atoms with Crippen molar-refractivity contribution in [2.45, 2.75) is 18.9 Å². The smallest absolute Gasteiger partial charge is 0.315 e. The summed E-state index contributed by atoms with van der Waals surface area (Å²) in [7, 11) is 3.92. The molecule has 5 nitrogen and oxygen atoms in total. The lowest BCUT2D eigenvalue weighted by Gasteiger charge is -2.50. The van der Waals surface area contributed by atoms with E-state index in [0.717, 1.165) is 26.1 Å². The summed E-state index contributed by atoms with van der Waals surface area (Å²) in [6.07, 6.45) is 1.88. The number of rotatable bonds is 4. The third kappa shape index (κ3) is 2.19. The van der Waals surface area contributed by atoms with Crippen molar-refractivity contribution < 1.29 is 19.4 Å². The fourth-order valence-electron chi connectivity index (χ4n) is 3.14. The van der Waals surface area contributed by atoms with Gasteiger partial charge >= 0.3 is 5.97 Å². The molecule has 2 saturated heterocycles. The van der Waals surface area contributed by atoms with Crippen LogP contribution >= 0.6 is 0 Å². The highest BCUT2D eigenvalue weighted by atomic mass is 16.5. The van der Waals surface area contributed by atoms with E-state index in [9.17, 15) is 9.90 Å². The highest BCUT2D eigenvalue weighted by molar-refractivity contribution is 5.77. The number of hydrogen-bond acceptors (Lipinski definition) is 4. The molecule has 5 heteroatoms. The van der Waals surface area contributed by atoms with Crippen LogP contribution in [-0.2, 0) is 14.3 Å². The number of carboxylic acid groups (broad SMARTS) is 1. The zero-order valence-corrected chi connectivity index (χ0v) is 10.5. The van der Waals surface area contributed by atoms with E-state index >= 15 is 0 Å². The second-order valence-corrected chi connectivity index (χ2v) is 5.31. The Balaban J connectivity index is 2.18. The molecule has 1 atom stereocenters. The lowest BCUT2D eigenvalue weighted by molar-refractivity contribution is -0.200. The molecule has 2 heterocycles. The highest BCUT2D eigenvalue weighted by Gasteiger charge is 2.55. The molecule has 0 aliphatic carbocycles. The molecule has 0 saturated carbocycles. The summed E-state index contributed by atoms with van der Waals surface area (Å²) in [4.78, 5) is 13.6. The average Bonchev–Trinajstić information content (AvgIpc) is 2.23. The zero-order valence-electron chi connectivity index (χ0n) is 10.5. The van der Waals surface area contributed by atoms with Gasteiger partial charge in [-0.25, -0.2) is 0 Å². The molecule has 0 aromatic carbocycles. The third-order valence-corrected chi connectivity index (χ3v) is 3.98. The highest BCUT2D eigenvalue weighted by Crippen LogP contribution is 2.40. The van der Waals surface area contributed by atoms with Crippen LogP contribution in [0.2, 0.25) is 0 Å². The summed E-state index contributed by atoms with van der Waals surface area (Å²) < 4.78 is 10.5. The molecule has 2 aliphatic heterocycles. The third-order valence-electron chi connectivity index (χ3n) is 3.98. The Bertz CT molecular complexity index is 282. The normalized spacial score (nSPS) is 26.5. The van der Waals surface area contributed by atoms with Gasteiger partial charge in [0, 0.05) is 19.3 Å². The summed E-state index contributed by atoms with van der Waals surface area (Å²) in [5.74, 6) is -0.340. The van der Waals surface area contributed by atoms with Crippen molar-refractivity contribution in [2.75, 3.05) is 40.5 Å². The lowest BCUT2D eigenvalue weighted by atomic mass is 9.70. The molecule has 0 bridgehead atoms. The SMILES string of the molecule is CN(C)C(C1CCOCC1)C1(C(=O)O)COC1. The minimum absolute atomic E-state index is 0.0395. The van der Waals surface area contributed by atoms with Crippen molar-refractivity contribution in [1.29, 1.82) is 0 Å². The average molecular weight is 243 g/mol. The Morgan fingerprint density at radius 1 is 1.29 bits per heavy atom. The van der Waals surface area contributed by atoms with Gasteiger partial charge in [0.25, 0.3) is 0 Å². The number of carboxylic acids is 1. The number of nitrogens with zero attached hydrogens (tertiary/aromatic N) is 1. The molecule has 2 fully saturated rings. The first-order chi connectivity index (χ1) is 8.08. The van der Waals surface area contributed by atoms with Crippen LogP contribution in [0.15, 0.2) is 0 Å². The van der Waals surface area contributed by atoms with E-state index in [1.54, 1.807) is 0 Å². The summed E-state index contributed by atoms with van der Waals surface area (Å²) >= 11 is 0. The maximum atomic E-state index is 11.6. The Hall–Kier alpha value is -0.650. The Labute approximate surface area is 102 Å². The van der Waals surface area contributed by atoms with Crippen LogP contribution in [0.1, 0.15) is 12.8 Å². The summed E-state index contributed by atoms with van der Waals surface area (Å²) in [5, 5.41) is 9.50. The van der Waals surface area contributed by atoms with Gasteiger partial charge in [0.2, 0.25) is 0 Å². The van der Waals surface area contributed by atoms with Crippen LogP contribution in [0.25, 0.3) is 0 Å². The van der Waals surface area contributed by atoms with Gasteiger partial charge in [-0.2, -0.15) is 0 Å². The zero-order chi connectivity index (χ0) is 12.5. The van der Waals surface area contributed by atoms with Crippen molar-refractivity contribution >= 4 is 5.97 Å². The van der Waals surface area contributed by atoms with Gasteiger partial charge in [0.15, 0.2) is 0 Å². The van der Waals surface area contributed by atoms with Gasteiger partial charge in [-0.05, 0) is 32.9 Å². The first-order valence-electron chi connectivity index (χ1n) is 6.13. The lowest BCUT2D eigenvalue weighted by Crippen LogP contribution is -2.63. The first kappa shape index (κ1) is 12.8. The second kappa shape index (κ2) is 4.92. The Morgan fingerprint density at radius 2 is 1.88 bits per heavy atom. The maximum Gasteiger partial charge on any atom is 0.315 e. The topological polar surface area (TPSA) is 59.0 Å². The maximum absolute atomic E-state index is 11.6. The molecule has 0 spiro atoms. The van der Waals surface area contributed by atoms with Gasteiger partial charge in [0.05, 0.1) is 13.2 Å². The number of aliphatic carboxylic acids is 1. The van der Waals surface area contributed by atoms with Crippen LogP contribution in [0.5, 0.6) is 0 Å². The van der Waals surface area contributed by atoms with E-state index < -0.39 is 11.4 Å². The van der Waals surface area contributed by atoms with E-state index in [4.69, 9.17) is 9.47 Å². The molecular weight excluding hydrogens is 222 g/mol. The van der Waals surface area contributed by atoms with E-state index in [-0.39, 0.29) is 6.04 Å². The molecule has 0 amide bonds. The number of carbonyl (C=O) groups is 1. The van der Waals surface area contributed by atoms with E-state index in [0.29, 0.717) is 19.1 Å². The van der Waals surface area contributed by atoms with Gasteiger partial charge in [-0.1, -0.05) is 0 Å². The first-order valence-corrected chi connectivity index (χ1v) is 6.13. The number of ether oxygens (including phenoxy) is 2. The fraction of sp³-hybridized carbons (Fsp3) is 0.917. The molecule has 0 aromatic rings. The molecule has 2 rings (SSSR count). The van der Waals surface area contributed by atoms with Crippen LogP contribution in [0.4, 0.5) is 0 Å². The van der Waals surface area contributed by atoms with Gasteiger partial charge < -0.3 is 19.5 Å². The van der Waals surface area contributed by atoms with Gasteiger partial charge in [-0.3, -0.25) is 4.79 Å². The van der Waals surface area contributed by atoms with Gasteiger partial charge in [-0.15, -0.1) is 0 Å². The molecule has 1 unspecified atom stereocenters. The molecule has 98 valence electrons. The molecular formula is C12H21NO4. The van der Waals surface area contributed by atoms with Crippen molar-refractivity contribution in [3.05, 3.63) is 0 Å². The van der Waals surface area contributed by atoms with E-state index in [1.165, 1.54) is 0 Å². The van der Waals surface area contributed by atoms with Crippen molar-refractivity contribution in [3.63, 3.8) is 0 Å². The van der Waals surface area contributed by atoms with Crippen LogP contribution in [0, 0.1) is 11.3 Å². The van der Waals surface area contributed by atoms with Crippen LogP contribution in [0.3, 0.4) is 0 Å². The Morgan fingerprint density at radius 3 is 2.24 bits per heavy atom. The minimum Gasteiger partial charge on any atom is -0.481 e. The summed E-state index contributed by atoms with van der Waals surface area (Å²) in [6.45, 7) is 2.15. The van der Waals surface area contributed by atoms with E-state index in [1.807, 2.05) is 19.0 Å². The quantitative estimate of drug-likeness (QED) is 0.776. The standard InChI is InChI=1S/C12H21NO4/c1-13(2)10(9-3-5-16-6-4-9)12(11(14)15)7-17-8-12/h9-10H,3-8H2,1-2H3,(H,14,15). The summed E-state index contributed by atoms with van der Waals surface area (Å²) in [5.41, 5.74) is -0.717. The molecule has 1 N–H and O–H groups in total. The van der Waals surface area contributed by atoms with Crippen molar-refractivity contribution in [2.24, 2.45) is 11.3 Å². The molecule has 0 aromatic heterocycles. The van der Waals surface area contributed by atoms with Crippen LogP contribution in [-0.4, -0.2) is 62.5 Å². The predicted octanol–water partition coefficient (Wildman–Crippen LogP) is 0.444. The Kier molecular flexibility index (Phi) is 3.70. The van der Waals surface area contributed by atoms with Crippen molar-refractivity contribution in [3.8, 4) is 0 Å². The van der Waals surface area contributed by atoms with Crippen molar-refractivity contribution in [1.82, 2.24) is 4.90 Å². The van der Waals surface area contributed by atoms with E-state index in [2.05, 4.69) is 0 Å². The second-order valence-electron chi connectivity index (χ2n) is 5.31. The number of hydrogen-bond donors (Lipinski definition) is 1. The fourth-order valence-corrected chi connectivity index (χ4v) is 3.14. The van der Waals surface area contributed by atoms with Gasteiger partial charge in [0.1, 0.15) is 5.41 Å². The minimum atomic E-state index is -0.728. The van der Waals surface area contributed by atoms with Crippen LogP contribution < -0.4 is 0 Å². The molecule has 17 heavy (non-hydrogen) atoms.